The van der Waals surface area contributed by atoms with Gasteiger partial charge in [0.2, 0.25) is 0 Å². The second-order valence-corrected chi connectivity index (χ2v) is 19.5. The molecule has 0 saturated carbocycles. The molecule has 4 aromatic heterocycles. The van der Waals surface area contributed by atoms with Crippen LogP contribution in [0.4, 0.5) is 0 Å². The van der Waals surface area contributed by atoms with Crippen LogP contribution >= 0.6 is 45.3 Å². The Kier molecular flexibility index (Phi) is 8.71. The molecule has 0 bridgehead atoms. The molecule has 4 heteroatoms. The summed E-state index contributed by atoms with van der Waals surface area (Å²) in [7, 11) is 0. The summed E-state index contributed by atoms with van der Waals surface area (Å²) in [6, 6.07) is 76.2. The first-order valence-corrected chi connectivity index (χ1v) is 23.4. The summed E-state index contributed by atoms with van der Waals surface area (Å²) in [6.07, 6.45) is 0. The molecule has 0 aliphatic carbocycles. The Hall–Kier alpha value is -6.40. The van der Waals surface area contributed by atoms with Gasteiger partial charge in [-0.3, -0.25) is 0 Å². The van der Waals surface area contributed by atoms with E-state index in [1.807, 2.05) is 45.3 Å². The van der Waals surface area contributed by atoms with Crippen molar-refractivity contribution >= 4 is 85.7 Å². The standard InChI is InChI=1S/C56H34S4/c1-3-11-37(12-4-1)45-33-53(59-55(45)39-23-19-35(20-24-39)41-27-29-51-47(31-41)43-15-7-9-17-49(43)57-51)54-34-46(38-13-5-2-6-14-38)56(60-54)40-25-21-36(22-26-40)42-28-30-52-48(32-42)44-16-8-10-18-50(44)58-52/h1-34H. The fourth-order valence-corrected chi connectivity index (χ4v) is 13.2. The SMILES string of the molecule is c1ccc(-c2cc(-c3cc(-c4ccccc4)c(-c4ccc(-c5ccc6sc7ccccc7c6c5)cc4)s3)sc2-c2ccc(-c3ccc4sc5ccccc5c4c3)cc2)cc1. The molecule has 12 rings (SSSR count). The first kappa shape index (κ1) is 35.5. The Morgan fingerprint density at radius 2 is 0.567 bits per heavy atom. The molecule has 0 aliphatic heterocycles. The van der Waals surface area contributed by atoms with Crippen molar-refractivity contribution in [1.29, 1.82) is 0 Å². The zero-order valence-electron chi connectivity index (χ0n) is 32.3. The first-order valence-electron chi connectivity index (χ1n) is 20.1. The second kappa shape index (κ2) is 14.7. The monoisotopic (exact) mass is 834 g/mol. The van der Waals surface area contributed by atoms with Crippen LogP contribution in [-0.4, -0.2) is 0 Å². The van der Waals surface area contributed by atoms with Crippen LogP contribution in [0.15, 0.2) is 206 Å². The number of thiophene rings is 4. The molecule has 0 unspecified atom stereocenters. The molecular weight excluding hydrogens is 801 g/mol. The lowest BCUT2D eigenvalue weighted by atomic mass is 9.98. The number of hydrogen-bond acceptors (Lipinski definition) is 4. The van der Waals surface area contributed by atoms with Crippen LogP contribution in [0.25, 0.3) is 115 Å². The summed E-state index contributed by atoms with van der Waals surface area (Å²) in [5.41, 5.74) is 12.4. The van der Waals surface area contributed by atoms with E-state index >= 15 is 0 Å². The van der Waals surface area contributed by atoms with Crippen LogP contribution in [0.5, 0.6) is 0 Å². The molecule has 0 N–H and O–H groups in total. The van der Waals surface area contributed by atoms with Crippen LogP contribution in [0, 0.1) is 0 Å². The smallest absolute Gasteiger partial charge is 0.0456 e. The van der Waals surface area contributed by atoms with E-state index in [1.54, 1.807) is 0 Å². The van der Waals surface area contributed by atoms with Crippen LogP contribution in [-0.2, 0) is 0 Å². The minimum atomic E-state index is 1.23. The van der Waals surface area contributed by atoms with Gasteiger partial charge in [0.1, 0.15) is 0 Å². The van der Waals surface area contributed by atoms with Crippen molar-refractivity contribution in [1.82, 2.24) is 0 Å². The van der Waals surface area contributed by atoms with Gasteiger partial charge in [0.15, 0.2) is 0 Å². The summed E-state index contributed by atoms with van der Waals surface area (Å²) in [5.74, 6) is 0. The van der Waals surface area contributed by atoms with Crippen molar-refractivity contribution in [2.45, 2.75) is 0 Å². The third-order valence-electron chi connectivity index (χ3n) is 11.6. The normalized spacial score (nSPS) is 11.7. The third kappa shape index (κ3) is 6.23. The lowest BCUT2D eigenvalue weighted by molar-refractivity contribution is 1.63. The molecule has 12 aromatic rings. The molecule has 0 nitrogen and oxygen atoms in total. The van der Waals surface area contributed by atoms with Crippen molar-refractivity contribution in [3.05, 3.63) is 206 Å². The highest BCUT2D eigenvalue weighted by molar-refractivity contribution is 7.26. The van der Waals surface area contributed by atoms with E-state index in [2.05, 4.69) is 206 Å². The van der Waals surface area contributed by atoms with Gasteiger partial charge in [-0.15, -0.1) is 45.3 Å². The van der Waals surface area contributed by atoms with E-state index in [-0.39, 0.29) is 0 Å². The largest absolute Gasteiger partial charge is 0.135 e. The molecule has 282 valence electrons. The fraction of sp³-hybridized carbons (Fsp3) is 0. The van der Waals surface area contributed by atoms with Crippen molar-refractivity contribution in [2.75, 3.05) is 0 Å². The number of rotatable bonds is 7. The third-order valence-corrected chi connectivity index (χ3v) is 16.5. The summed E-state index contributed by atoms with van der Waals surface area (Å²) in [4.78, 5) is 5.14. The molecule has 60 heavy (non-hydrogen) atoms. The van der Waals surface area contributed by atoms with Gasteiger partial charge in [-0.25, -0.2) is 0 Å². The van der Waals surface area contributed by atoms with Crippen molar-refractivity contribution in [3.63, 3.8) is 0 Å². The molecule has 0 saturated heterocycles. The highest BCUT2D eigenvalue weighted by Crippen LogP contribution is 2.50. The molecule has 0 radical (unpaired) electrons. The first-order chi connectivity index (χ1) is 29.7. The van der Waals surface area contributed by atoms with E-state index in [9.17, 15) is 0 Å². The highest BCUT2D eigenvalue weighted by atomic mass is 32.1. The summed E-state index contributed by atoms with van der Waals surface area (Å²) < 4.78 is 5.34. The lowest BCUT2D eigenvalue weighted by Gasteiger charge is -2.07. The number of hydrogen-bond donors (Lipinski definition) is 0. The highest BCUT2D eigenvalue weighted by Gasteiger charge is 2.20. The van der Waals surface area contributed by atoms with Crippen molar-refractivity contribution < 1.29 is 0 Å². The van der Waals surface area contributed by atoms with Crippen LogP contribution < -0.4 is 0 Å². The predicted octanol–water partition coefficient (Wildman–Crippen LogP) is 18.2. The minimum absolute atomic E-state index is 1.23. The summed E-state index contributed by atoms with van der Waals surface area (Å²) in [6.45, 7) is 0. The maximum atomic E-state index is 2.41. The van der Waals surface area contributed by atoms with Gasteiger partial charge in [-0.05, 0) is 93.0 Å². The van der Waals surface area contributed by atoms with Crippen molar-refractivity contribution in [3.8, 4) is 75.1 Å². The Balaban J connectivity index is 0.924. The molecule has 4 heterocycles. The quantitative estimate of drug-likeness (QED) is 0.150. The Bertz CT molecular complexity index is 3270. The zero-order valence-corrected chi connectivity index (χ0v) is 35.5. The van der Waals surface area contributed by atoms with Crippen molar-refractivity contribution in [2.24, 2.45) is 0 Å². The maximum Gasteiger partial charge on any atom is 0.0456 e. The average molecular weight is 835 g/mol. The topological polar surface area (TPSA) is 0 Å². The lowest BCUT2D eigenvalue weighted by Crippen LogP contribution is -1.81. The van der Waals surface area contributed by atoms with Gasteiger partial charge in [-0.2, -0.15) is 0 Å². The molecule has 0 aliphatic rings. The number of fused-ring (bicyclic) bond motifs is 6. The minimum Gasteiger partial charge on any atom is -0.135 e. The van der Waals surface area contributed by atoms with E-state index in [4.69, 9.17) is 0 Å². The van der Waals surface area contributed by atoms with Crippen LogP contribution in [0.2, 0.25) is 0 Å². The van der Waals surface area contributed by atoms with Gasteiger partial charge in [0.05, 0.1) is 0 Å². The van der Waals surface area contributed by atoms with Gasteiger partial charge in [0.25, 0.3) is 0 Å². The molecule has 8 aromatic carbocycles. The van der Waals surface area contributed by atoms with E-state index in [0.717, 1.165) is 0 Å². The zero-order chi connectivity index (χ0) is 39.6. The van der Waals surface area contributed by atoms with Crippen LogP contribution in [0.1, 0.15) is 0 Å². The maximum absolute atomic E-state index is 2.41. The van der Waals surface area contributed by atoms with Gasteiger partial charge >= 0.3 is 0 Å². The number of benzene rings is 8. The van der Waals surface area contributed by atoms with E-state index in [0.29, 0.717) is 0 Å². The predicted molar refractivity (Wildman–Crippen MR) is 266 cm³/mol. The molecule has 0 atom stereocenters. The van der Waals surface area contributed by atoms with Crippen LogP contribution in [0.3, 0.4) is 0 Å². The Morgan fingerprint density at radius 3 is 1.00 bits per heavy atom. The Morgan fingerprint density at radius 1 is 0.217 bits per heavy atom. The van der Waals surface area contributed by atoms with E-state index in [1.165, 1.54) is 115 Å². The Labute approximate surface area is 364 Å². The average Bonchev–Trinajstić information content (AvgIpc) is 4.12. The molecule has 0 spiro atoms. The molecule has 0 fully saturated rings. The summed E-state index contributed by atoms with van der Waals surface area (Å²) >= 11 is 7.52. The molecular formula is C56H34S4. The van der Waals surface area contributed by atoms with Gasteiger partial charge in [0, 0.05) is 71.0 Å². The second-order valence-electron chi connectivity index (χ2n) is 15.2. The van der Waals surface area contributed by atoms with E-state index < -0.39 is 0 Å². The van der Waals surface area contributed by atoms with Gasteiger partial charge < -0.3 is 0 Å². The molecule has 0 amide bonds. The van der Waals surface area contributed by atoms with Gasteiger partial charge in [-0.1, -0.05) is 158 Å². The summed E-state index contributed by atoms with van der Waals surface area (Å²) in [5, 5.41) is 5.33. The fourth-order valence-electron chi connectivity index (χ4n) is 8.56.